The molecule has 4 heteroatoms. The van der Waals surface area contributed by atoms with Gasteiger partial charge in [0.1, 0.15) is 23.0 Å². The molecule has 166 valence electrons. The number of hydrogen-bond donors (Lipinski definition) is 1. The lowest BCUT2D eigenvalue weighted by molar-refractivity contribution is 0.0734. The highest BCUT2D eigenvalue weighted by Gasteiger charge is 2.23. The van der Waals surface area contributed by atoms with Gasteiger partial charge in [0.25, 0.3) is 0 Å². The predicted octanol–water partition coefficient (Wildman–Crippen LogP) is 7.04. The number of esters is 1. The largest absolute Gasteiger partial charge is 0.508 e. The van der Waals surface area contributed by atoms with Crippen molar-refractivity contribution < 1.29 is 19.4 Å². The molecule has 0 amide bonds. The summed E-state index contributed by atoms with van der Waals surface area (Å²) in [5, 5.41) is 9.54. The molecule has 0 heterocycles. The van der Waals surface area contributed by atoms with Crippen molar-refractivity contribution in [1.82, 2.24) is 0 Å². The summed E-state index contributed by atoms with van der Waals surface area (Å²) in [6.45, 7) is 6.25. The van der Waals surface area contributed by atoms with Crippen LogP contribution in [0.5, 0.6) is 23.0 Å². The van der Waals surface area contributed by atoms with E-state index in [1.54, 1.807) is 48.5 Å². The van der Waals surface area contributed by atoms with Crippen LogP contribution in [0.15, 0.2) is 97.1 Å². The first-order valence-electron chi connectivity index (χ1n) is 10.8. The Kier molecular flexibility index (Phi) is 6.18. The van der Waals surface area contributed by atoms with E-state index in [1.807, 2.05) is 55.5 Å². The zero-order valence-corrected chi connectivity index (χ0v) is 18.9. The standard InChI is InChI=1S/C29H26O4/c1-20-4-14-25(15-5-20)32-26-16-6-21(7-17-26)28(31)33-27-18-10-23(11-19-27)29(2,3)22-8-12-24(30)13-9-22/h4-19,30H,1-3H3. The second-order valence-corrected chi connectivity index (χ2v) is 8.53. The summed E-state index contributed by atoms with van der Waals surface area (Å²) in [5.41, 5.74) is 3.50. The fraction of sp³-hybridized carbons (Fsp3) is 0.138. The smallest absolute Gasteiger partial charge is 0.343 e. The molecule has 0 unspecified atom stereocenters. The third kappa shape index (κ3) is 5.24. The average Bonchev–Trinajstić information content (AvgIpc) is 2.82. The molecule has 0 aliphatic rings. The third-order valence-electron chi connectivity index (χ3n) is 5.72. The van der Waals surface area contributed by atoms with Gasteiger partial charge in [-0.25, -0.2) is 4.79 Å². The van der Waals surface area contributed by atoms with Crippen LogP contribution in [0.2, 0.25) is 0 Å². The molecule has 4 nitrogen and oxygen atoms in total. The van der Waals surface area contributed by atoms with Crippen LogP contribution in [0.4, 0.5) is 0 Å². The second-order valence-electron chi connectivity index (χ2n) is 8.53. The lowest BCUT2D eigenvalue weighted by Gasteiger charge is -2.26. The molecule has 0 radical (unpaired) electrons. The Hall–Kier alpha value is -4.05. The molecule has 4 aromatic rings. The summed E-state index contributed by atoms with van der Waals surface area (Å²) in [6.07, 6.45) is 0. The first-order valence-corrected chi connectivity index (χ1v) is 10.8. The van der Waals surface area contributed by atoms with Crippen LogP contribution in [-0.2, 0) is 5.41 Å². The number of hydrogen-bond acceptors (Lipinski definition) is 4. The maximum absolute atomic E-state index is 12.6. The van der Waals surface area contributed by atoms with Gasteiger partial charge in [0.2, 0.25) is 0 Å². The first kappa shape index (κ1) is 22.2. The number of rotatable bonds is 6. The minimum Gasteiger partial charge on any atom is -0.508 e. The van der Waals surface area contributed by atoms with E-state index in [1.165, 1.54) is 0 Å². The molecule has 33 heavy (non-hydrogen) atoms. The van der Waals surface area contributed by atoms with Gasteiger partial charge in [-0.15, -0.1) is 0 Å². The van der Waals surface area contributed by atoms with Crippen molar-refractivity contribution >= 4 is 5.97 Å². The lowest BCUT2D eigenvalue weighted by Crippen LogP contribution is -2.18. The van der Waals surface area contributed by atoms with Crippen molar-refractivity contribution in [2.24, 2.45) is 0 Å². The molecule has 0 atom stereocenters. The van der Waals surface area contributed by atoms with E-state index in [0.29, 0.717) is 17.1 Å². The Labute approximate surface area is 194 Å². The zero-order valence-electron chi connectivity index (χ0n) is 18.9. The molecule has 0 aliphatic heterocycles. The van der Waals surface area contributed by atoms with Gasteiger partial charge >= 0.3 is 5.97 Å². The molecular formula is C29H26O4. The minimum atomic E-state index is -0.428. The molecule has 4 rings (SSSR count). The van der Waals surface area contributed by atoms with Crippen LogP contribution in [0, 0.1) is 6.92 Å². The second kappa shape index (κ2) is 9.21. The molecule has 0 aromatic heterocycles. The molecular weight excluding hydrogens is 412 g/mol. The van der Waals surface area contributed by atoms with Crippen LogP contribution in [0.25, 0.3) is 0 Å². The average molecular weight is 439 g/mol. The summed E-state index contributed by atoms with van der Waals surface area (Å²) < 4.78 is 11.4. The van der Waals surface area contributed by atoms with E-state index in [0.717, 1.165) is 22.4 Å². The van der Waals surface area contributed by atoms with Crippen molar-refractivity contribution in [3.05, 3.63) is 119 Å². The summed E-state index contributed by atoms with van der Waals surface area (Å²) in [7, 11) is 0. The van der Waals surface area contributed by atoms with E-state index in [-0.39, 0.29) is 11.2 Å². The summed E-state index contributed by atoms with van der Waals surface area (Å²) in [4.78, 5) is 12.6. The Balaban J connectivity index is 1.41. The van der Waals surface area contributed by atoms with Crippen molar-refractivity contribution in [3.63, 3.8) is 0 Å². The Morgan fingerprint density at radius 3 is 1.67 bits per heavy atom. The monoisotopic (exact) mass is 438 g/mol. The SMILES string of the molecule is Cc1ccc(Oc2ccc(C(=O)Oc3ccc(C(C)(C)c4ccc(O)cc4)cc3)cc2)cc1. The van der Waals surface area contributed by atoms with E-state index >= 15 is 0 Å². The molecule has 0 bridgehead atoms. The molecule has 4 aromatic carbocycles. The summed E-state index contributed by atoms with van der Waals surface area (Å²) >= 11 is 0. The van der Waals surface area contributed by atoms with Crippen LogP contribution in [0.3, 0.4) is 0 Å². The number of phenolic OH excluding ortho intramolecular Hbond substituents is 1. The fourth-order valence-electron chi connectivity index (χ4n) is 3.55. The number of phenols is 1. The van der Waals surface area contributed by atoms with Crippen LogP contribution in [-0.4, -0.2) is 11.1 Å². The maximum atomic E-state index is 12.6. The third-order valence-corrected chi connectivity index (χ3v) is 5.72. The number of ether oxygens (including phenoxy) is 2. The van der Waals surface area contributed by atoms with Crippen molar-refractivity contribution in [2.45, 2.75) is 26.2 Å². The van der Waals surface area contributed by atoms with Crippen molar-refractivity contribution in [3.8, 4) is 23.0 Å². The highest BCUT2D eigenvalue weighted by Crippen LogP contribution is 2.33. The molecule has 0 saturated heterocycles. The van der Waals surface area contributed by atoms with Crippen molar-refractivity contribution in [2.75, 3.05) is 0 Å². The summed E-state index contributed by atoms with van der Waals surface area (Å²) in [6, 6.07) is 29.3. The molecule has 0 spiro atoms. The first-order chi connectivity index (χ1) is 15.8. The van der Waals surface area contributed by atoms with Gasteiger partial charge in [0.15, 0.2) is 0 Å². The number of aromatic hydroxyl groups is 1. The van der Waals surface area contributed by atoms with Gasteiger partial charge in [-0.05, 0) is 78.7 Å². The predicted molar refractivity (Wildman–Crippen MR) is 129 cm³/mol. The quantitative estimate of drug-likeness (QED) is 0.259. The maximum Gasteiger partial charge on any atom is 0.343 e. The van der Waals surface area contributed by atoms with Gasteiger partial charge in [-0.1, -0.05) is 55.8 Å². The number of carbonyl (C=O) groups excluding carboxylic acids is 1. The highest BCUT2D eigenvalue weighted by molar-refractivity contribution is 5.91. The zero-order chi connectivity index (χ0) is 23.4. The molecule has 0 fully saturated rings. The van der Waals surface area contributed by atoms with E-state index in [2.05, 4.69) is 13.8 Å². The van der Waals surface area contributed by atoms with Crippen molar-refractivity contribution in [1.29, 1.82) is 0 Å². The topological polar surface area (TPSA) is 55.8 Å². The number of aryl methyl sites for hydroxylation is 1. The minimum absolute atomic E-state index is 0.242. The lowest BCUT2D eigenvalue weighted by atomic mass is 9.78. The summed E-state index contributed by atoms with van der Waals surface area (Å²) in [5.74, 6) is 1.68. The Bertz CT molecular complexity index is 1220. The van der Waals surface area contributed by atoms with Gasteiger partial charge < -0.3 is 14.6 Å². The van der Waals surface area contributed by atoms with Crippen LogP contribution >= 0.6 is 0 Å². The van der Waals surface area contributed by atoms with E-state index in [9.17, 15) is 9.90 Å². The van der Waals surface area contributed by atoms with E-state index in [4.69, 9.17) is 9.47 Å². The highest BCUT2D eigenvalue weighted by atomic mass is 16.5. The van der Waals surface area contributed by atoms with Gasteiger partial charge in [-0.3, -0.25) is 0 Å². The Morgan fingerprint density at radius 1 is 0.667 bits per heavy atom. The normalized spacial score (nSPS) is 11.1. The molecule has 0 aliphatic carbocycles. The van der Waals surface area contributed by atoms with Crippen LogP contribution in [0.1, 0.15) is 40.9 Å². The molecule has 1 N–H and O–H groups in total. The van der Waals surface area contributed by atoms with Crippen LogP contribution < -0.4 is 9.47 Å². The number of carbonyl (C=O) groups is 1. The van der Waals surface area contributed by atoms with Gasteiger partial charge in [0, 0.05) is 5.41 Å². The van der Waals surface area contributed by atoms with Gasteiger partial charge in [0.05, 0.1) is 5.56 Å². The van der Waals surface area contributed by atoms with E-state index < -0.39 is 5.97 Å². The Morgan fingerprint density at radius 2 is 1.12 bits per heavy atom. The fourth-order valence-corrected chi connectivity index (χ4v) is 3.55. The number of benzene rings is 4. The van der Waals surface area contributed by atoms with Gasteiger partial charge in [-0.2, -0.15) is 0 Å². The molecule has 0 saturated carbocycles.